The number of amides is 1. The van der Waals surface area contributed by atoms with Crippen LogP contribution >= 0.6 is 15.9 Å². The second kappa shape index (κ2) is 6.48. The molecule has 2 aromatic rings. The van der Waals surface area contributed by atoms with Crippen LogP contribution < -0.4 is 14.8 Å². The lowest BCUT2D eigenvalue weighted by molar-refractivity contribution is -0.385. The molecule has 0 spiro atoms. The number of carbonyl (C=O) groups is 1. The van der Waals surface area contributed by atoms with Crippen molar-refractivity contribution >= 4 is 33.2 Å². The molecule has 0 atom stereocenters. The Kier molecular flexibility index (Phi) is 4.39. The number of aryl methyl sites for hydroxylation is 1. The van der Waals surface area contributed by atoms with E-state index in [9.17, 15) is 14.9 Å². The molecule has 124 valence electrons. The maximum atomic E-state index is 12.4. The third-order valence-corrected chi connectivity index (χ3v) is 4.20. The molecule has 1 N–H and O–H groups in total. The van der Waals surface area contributed by atoms with Crippen LogP contribution in [0.3, 0.4) is 0 Å². The van der Waals surface area contributed by atoms with Crippen molar-refractivity contribution in [1.82, 2.24) is 0 Å². The van der Waals surface area contributed by atoms with Gasteiger partial charge >= 0.3 is 0 Å². The number of nitro benzene ring substituents is 1. The van der Waals surface area contributed by atoms with Crippen LogP contribution in [0.15, 0.2) is 34.8 Å². The predicted octanol–water partition coefficient (Wildman–Crippen LogP) is 3.69. The van der Waals surface area contributed by atoms with E-state index in [0.29, 0.717) is 40.4 Å². The van der Waals surface area contributed by atoms with Gasteiger partial charge in [0.15, 0.2) is 11.5 Å². The van der Waals surface area contributed by atoms with Crippen molar-refractivity contribution in [2.45, 2.75) is 6.92 Å². The van der Waals surface area contributed by atoms with E-state index in [1.165, 1.54) is 6.07 Å². The summed E-state index contributed by atoms with van der Waals surface area (Å²) in [7, 11) is 0. The molecule has 0 fully saturated rings. The molecule has 8 heteroatoms. The first-order valence-corrected chi connectivity index (χ1v) is 7.90. The van der Waals surface area contributed by atoms with Gasteiger partial charge in [-0.15, -0.1) is 0 Å². The van der Waals surface area contributed by atoms with Crippen LogP contribution in [0.1, 0.15) is 15.9 Å². The molecule has 0 saturated carbocycles. The van der Waals surface area contributed by atoms with Crippen molar-refractivity contribution in [1.29, 1.82) is 0 Å². The summed E-state index contributed by atoms with van der Waals surface area (Å²) >= 11 is 3.37. The quantitative estimate of drug-likeness (QED) is 0.635. The summed E-state index contributed by atoms with van der Waals surface area (Å²) in [6, 6.07) is 7.72. The fraction of sp³-hybridized carbons (Fsp3) is 0.188. The Labute approximate surface area is 145 Å². The zero-order valence-corrected chi connectivity index (χ0v) is 14.3. The van der Waals surface area contributed by atoms with Crippen molar-refractivity contribution in [3.05, 3.63) is 56.0 Å². The predicted molar refractivity (Wildman–Crippen MR) is 90.9 cm³/mol. The third kappa shape index (κ3) is 3.18. The number of benzene rings is 2. The molecule has 1 heterocycles. The minimum atomic E-state index is -0.508. The standard InChI is InChI=1S/C16H13BrN2O5/c1-9-2-3-10(6-13(9)19(21)22)16(20)18-12-8-15-14(7-11(12)17)23-4-5-24-15/h2-3,6-8H,4-5H2,1H3,(H,18,20). The summed E-state index contributed by atoms with van der Waals surface area (Å²) in [5, 5.41) is 13.7. The number of rotatable bonds is 3. The summed E-state index contributed by atoms with van der Waals surface area (Å²) in [6.45, 7) is 2.53. The third-order valence-electron chi connectivity index (χ3n) is 3.55. The highest BCUT2D eigenvalue weighted by molar-refractivity contribution is 9.10. The molecule has 1 aliphatic rings. The van der Waals surface area contributed by atoms with E-state index in [1.54, 1.807) is 31.2 Å². The van der Waals surface area contributed by atoms with Crippen LogP contribution in [0.5, 0.6) is 11.5 Å². The minimum absolute atomic E-state index is 0.0936. The molecule has 24 heavy (non-hydrogen) atoms. The van der Waals surface area contributed by atoms with Crippen molar-refractivity contribution in [3.63, 3.8) is 0 Å². The minimum Gasteiger partial charge on any atom is -0.486 e. The van der Waals surface area contributed by atoms with Gasteiger partial charge in [-0.1, -0.05) is 6.07 Å². The van der Waals surface area contributed by atoms with E-state index in [0.717, 1.165) is 0 Å². The molecule has 0 radical (unpaired) electrons. The van der Waals surface area contributed by atoms with E-state index in [4.69, 9.17) is 9.47 Å². The summed E-state index contributed by atoms with van der Waals surface area (Å²) in [5.41, 5.74) is 1.10. The number of nitrogens with one attached hydrogen (secondary N) is 1. The van der Waals surface area contributed by atoms with Crippen molar-refractivity contribution in [3.8, 4) is 11.5 Å². The molecule has 1 aliphatic heterocycles. The van der Waals surface area contributed by atoms with Gasteiger partial charge in [0.25, 0.3) is 11.6 Å². The number of hydrogen-bond acceptors (Lipinski definition) is 5. The Morgan fingerprint density at radius 2 is 1.88 bits per heavy atom. The van der Waals surface area contributed by atoms with E-state index in [2.05, 4.69) is 21.2 Å². The van der Waals surface area contributed by atoms with Crippen LogP contribution in [-0.4, -0.2) is 24.0 Å². The molecular weight excluding hydrogens is 380 g/mol. The SMILES string of the molecule is Cc1ccc(C(=O)Nc2cc3c(cc2Br)OCCO3)cc1[N+](=O)[O-]. The average Bonchev–Trinajstić information content (AvgIpc) is 2.55. The van der Waals surface area contributed by atoms with Crippen molar-refractivity contribution < 1.29 is 19.2 Å². The highest BCUT2D eigenvalue weighted by Gasteiger charge is 2.18. The second-order valence-corrected chi connectivity index (χ2v) is 6.04. The lowest BCUT2D eigenvalue weighted by Gasteiger charge is -2.20. The summed E-state index contributed by atoms with van der Waals surface area (Å²) in [6.07, 6.45) is 0. The van der Waals surface area contributed by atoms with Crippen molar-refractivity contribution in [2.24, 2.45) is 0 Å². The van der Waals surface area contributed by atoms with Gasteiger partial charge in [0.2, 0.25) is 0 Å². The molecule has 7 nitrogen and oxygen atoms in total. The number of halogens is 1. The largest absolute Gasteiger partial charge is 0.486 e. The first kappa shape index (κ1) is 16.3. The van der Waals surface area contributed by atoms with Crippen LogP contribution in [0, 0.1) is 17.0 Å². The Hall–Kier alpha value is -2.61. The molecular formula is C16H13BrN2O5. The number of ether oxygens (including phenoxy) is 2. The zero-order chi connectivity index (χ0) is 17.3. The van der Waals surface area contributed by atoms with Gasteiger partial charge in [-0.3, -0.25) is 14.9 Å². The smallest absolute Gasteiger partial charge is 0.273 e. The normalized spacial score (nSPS) is 12.6. The monoisotopic (exact) mass is 392 g/mol. The number of hydrogen-bond donors (Lipinski definition) is 1. The van der Waals surface area contributed by atoms with E-state index >= 15 is 0 Å². The number of anilines is 1. The van der Waals surface area contributed by atoms with Crippen LogP contribution in [0.4, 0.5) is 11.4 Å². The fourth-order valence-electron chi connectivity index (χ4n) is 2.30. The van der Waals surface area contributed by atoms with Gasteiger partial charge in [-0.05, 0) is 28.9 Å². The van der Waals surface area contributed by atoms with E-state index < -0.39 is 10.8 Å². The van der Waals surface area contributed by atoms with Gasteiger partial charge in [0.05, 0.1) is 10.6 Å². The number of fused-ring (bicyclic) bond motifs is 1. The van der Waals surface area contributed by atoms with Crippen LogP contribution in [0.2, 0.25) is 0 Å². The summed E-state index contributed by atoms with van der Waals surface area (Å²) in [5.74, 6) is 0.683. The molecule has 3 rings (SSSR count). The highest BCUT2D eigenvalue weighted by atomic mass is 79.9. The van der Waals surface area contributed by atoms with Crippen LogP contribution in [-0.2, 0) is 0 Å². The molecule has 1 amide bonds. The van der Waals surface area contributed by atoms with E-state index in [1.807, 2.05) is 0 Å². The zero-order valence-electron chi connectivity index (χ0n) is 12.7. The molecule has 0 aliphatic carbocycles. The Morgan fingerprint density at radius 3 is 2.54 bits per heavy atom. The second-order valence-electron chi connectivity index (χ2n) is 5.19. The van der Waals surface area contributed by atoms with Gasteiger partial charge in [0, 0.05) is 33.8 Å². The fourth-order valence-corrected chi connectivity index (χ4v) is 2.72. The average molecular weight is 393 g/mol. The maximum Gasteiger partial charge on any atom is 0.273 e. The van der Waals surface area contributed by atoms with Gasteiger partial charge in [0.1, 0.15) is 13.2 Å². The molecule has 0 bridgehead atoms. The maximum absolute atomic E-state index is 12.4. The van der Waals surface area contributed by atoms with Crippen LogP contribution in [0.25, 0.3) is 0 Å². The lowest BCUT2D eigenvalue weighted by atomic mass is 10.1. The Balaban J connectivity index is 1.87. The number of nitrogens with zero attached hydrogens (tertiary/aromatic N) is 1. The Morgan fingerprint density at radius 1 is 1.21 bits per heavy atom. The molecule has 0 saturated heterocycles. The number of nitro groups is 1. The summed E-state index contributed by atoms with van der Waals surface area (Å²) in [4.78, 5) is 22.9. The lowest BCUT2D eigenvalue weighted by Crippen LogP contribution is -2.17. The van der Waals surface area contributed by atoms with Crippen molar-refractivity contribution in [2.75, 3.05) is 18.5 Å². The molecule has 0 aromatic heterocycles. The van der Waals surface area contributed by atoms with Gasteiger partial charge < -0.3 is 14.8 Å². The van der Waals surface area contributed by atoms with Gasteiger partial charge in [-0.25, -0.2) is 0 Å². The first-order chi connectivity index (χ1) is 11.5. The first-order valence-electron chi connectivity index (χ1n) is 7.11. The van der Waals surface area contributed by atoms with Gasteiger partial charge in [-0.2, -0.15) is 0 Å². The molecule has 2 aromatic carbocycles. The van der Waals surface area contributed by atoms with E-state index in [-0.39, 0.29) is 11.3 Å². The Bertz CT molecular complexity index is 837. The molecule has 0 unspecified atom stereocenters. The highest BCUT2D eigenvalue weighted by Crippen LogP contribution is 2.38. The summed E-state index contributed by atoms with van der Waals surface area (Å²) < 4.78 is 11.6. The number of carbonyl (C=O) groups excluding carboxylic acids is 1. The topological polar surface area (TPSA) is 90.7 Å².